The highest BCUT2D eigenvalue weighted by atomic mass is 16.2. The van der Waals surface area contributed by atoms with Crippen LogP contribution in [0.25, 0.3) is 11.0 Å². The molecule has 3 aromatic rings. The average Bonchev–Trinajstić information content (AvgIpc) is 2.91. The van der Waals surface area contributed by atoms with Gasteiger partial charge in [0.05, 0.1) is 11.4 Å². The third kappa shape index (κ3) is 3.84. The Morgan fingerprint density at radius 3 is 2.56 bits per heavy atom. The summed E-state index contributed by atoms with van der Waals surface area (Å²) in [6, 6.07) is 1.59. The number of aryl methyl sites for hydroxylation is 5. The Morgan fingerprint density at radius 2 is 1.89 bits per heavy atom. The number of carbonyl (C=O) groups is 1. The average molecular weight is 367 g/mol. The van der Waals surface area contributed by atoms with Gasteiger partial charge in [-0.3, -0.25) is 20.5 Å². The van der Waals surface area contributed by atoms with Crippen molar-refractivity contribution in [1.29, 1.82) is 0 Å². The molecule has 0 aliphatic carbocycles. The molecule has 0 spiro atoms. The van der Waals surface area contributed by atoms with Crippen molar-refractivity contribution in [1.82, 2.24) is 25.2 Å². The van der Waals surface area contributed by atoms with Crippen molar-refractivity contribution < 1.29 is 4.79 Å². The minimum Gasteiger partial charge on any atom is -0.306 e. The largest absolute Gasteiger partial charge is 0.337 e. The second-order valence-electron chi connectivity index (χ2n) is 6.68. The first-order valence-corrected chi connectivity index (χ1v) is 8.98. The smallest absolute Gasteiger partial charge is 0.306 e. The van der Waals surface area contributed by atoms with E-state index in [1.54, 1.807) is 17.1 Å². The minimum atomic E-state index is -0.368. The van der Waals surface area contributed by atoms with Crippen molar-refractivity contribution in [2.45, 2.75) is 40.5 Å². The predicted molar refractivity (Wildman–Crippen MR) is 107 cm³/mol. The van der Waals surface area contributed by atoms with E-state index in [-0.39, 0.29) is 6.03 Å². The molecule has 3 heterocycles. The standard InChI is InChI=1S/C19H25N7O/c1-6-7-14-8-15(21-18-16(14)13(4)25-26(18)5)23-24-19(27)22-17-11(2)9-20-10-12(17)3/h8-10H,6-7H2,1-5H3,(H,21,23)(H2,20,22,24,27). The van der Waals surface area contributed by atoms with Gasteiger partial charge in [-0.15, -0.1) is 0 Å². The van der Waals surface area contributed by atoms with Crippen molar-refractivity contribution in [3.63, 3.8) is 0 Å². The number of aromatic nitrogens is 4. The molecule has 0 saturated heterocycles. The SMILES string of the molecule is CCCc1cc(NNC(=O)Nc2c(C)cncc2C)nc2c1c(C)nn2C. The van der Waals surface area contributed by atoms with Crippen molar-refractivity contribution >= 4 is 28.6 Å². The van der Waals surface area contributed by atoms with Gasteiger partial charge < -0.3 is 5.32 Å². The lowest BCUT2D eigenvalue weighted by Gasteiger charge is -2.13. The molecule has 0 aliphatic rings. The maximum Gasteiger partial charge on any atom is 0.337 e. The summed E-state index contributed by atoms with van der Waals surface area (Å²) in [6.45, 7) is 7.93. The number of nitrogens with one attached hydrogen (secondary N) is 3. The number of rotatable bonds is 5. The second kappa shape index (κ2) is 7.61. The summed E-state index contributed by atoms with van der Waals surface area (Å²) in [4.78, 5) is 21.0. The minimum absolute atomic E-state index is 0.368. The number of carbonyl (C=O) groups excluding carboxylic acids is 1. The quantitative estimate of drug-likeness (QED) is 0.601. The first-order chi connectivity index (χ1) is 12.9. The number of fused-ring (bicyclic) bond motifs is 1. The molecule has 0 aliphatic heterocycles. The van der Waals surface area contributed by atoms with Crippen LogP contribution in [0.1, 0.15) is 35.7 Å². The number of urea groups is 1. The fraction of sp³-hybridized carbons (Fsp3) is 0.368. The number of hydrogen-bond donors (Lipinski definition) is 3. The van der Waals surface area contributed by atoms with E-state index in [2.05, 4.69) is 38.2 Å². The number of anilines is 2. The van der Waals surface area contributed by atoms with Gasteiger partial charge in [-0.25, -0.2) is 9.78 Å². The van der Waals surface area contributed by atoms with Crippen LogP contribution >= 0.6 is 0 Å². The third-order valence-corrected chi connectivity index (χ3v) is 4.44. The number of nitrogens with zero attached hydrogens (tertiary/aromatic N) is 4. The number of hydrazine groups is 1. The van der Waals surface area contributed by atoms with Crippen LogP contribution in [-0.2, 0) is 13.5 Å². The number of hydrogen-bond acceptors (Lipinski definition) is 5. The fourth-order valence-corrected chi connectivity index (χ4v) is 3.23. The van der Waals surface area contributed by atoms with E-state index in [9.17, 15) is 4.79 Å². The first-order valence-electron chi connectivity index (χ1n) is 8.98. The van der Waals surface area contributed by atoms with E-state index < -0.39 is 0 Å². The fourth-order valence-electron chi connectivity index (χ4n) is 3.23. The van der Waals surface area contributed by atoms with Gasteiger partial charge >= 0.3 is 6.03 Å². The lowest BCUT2D eigenvalue weighted by molar-refractivity contribution is 0.253. The molecule has 0 aromatic carbocycles. The normalized spacial score (nSPS) is 10.9. The summed E-state index contributed by atoms with van der Waals surface area (Å²) in [5, 5.41) is 8.39. The van der Waals surface area contributed by atoms with Crippen LogP contribution in [0.5, 0.6) is 0 Å². The molecule has 3 rings (SSSR count). The molecule has 0 bridgehead atoms. The van der Waals surface area contributed by atoms with E-state index in [1.165, 1.54) is 5.56 Å². The van der Waals surface area contributed by atoms with Gasteiger partial charge in [0.1, 0.15) is 5.82 Å². The van der Waals surface area contributed by atoms with E-state index in [4.69, 9.17) is 0 Å². The van der Waals surface area contributed by atoms with Crippen LogP contribution in [0.15, 0.2) is 18.5 Å². The molecule has 0 atom stereocenters. The van der Waals surface area contributed by atoms with Gasteiger partial charge in [0.15, 0.2) is 5.65 Å². The van der Waals surface area contributed by atoms with Crippen LogP contribution in [0.2, 0.25) is 0 Å². The van der Waals surface area contributed by atoms with Gasteiger partial charge in [0.25, 0.3) is 0 Å². The second-order valence-corrected chi connectivity index (χ2v) is 6.68. The lowest BCUT2D eigenvalue weighted by Crippen LogP contribution is -2.34. The van der Waals surface area contributed by atoms with Crippen LogP contribution in [-0.4, -0.2) is 25.8 Å². The van der Waals surface area contributed by atoms with Crippen LogP contribution in [0.4, 0.5) is 16.3 Å². The lowest BCUT2D eigenvalue weighted by atomic mass is 10.1. The summed E-state index contributed by atoms with van der Waals surface area (Å²) in [6.07, 6.45) is 5.36. The Labute approximate surface area is 158 Å². The van der Waals surface area contributed by atoms with Crippen molar-refractivity contribution in [3.8, 4) is 0 Å². The predicted octanol–water partition coefficient (Wildman–Crippen LogP) is 3.39. The topological polar surface area (TPSA) is 96.8 Å². The summed E-state index contributed by atoms with van der Waals surface area (Å²) in [7, 11) is 1.87. The Morgan fingerprint density at radius 1 is 1.19 bits per heavy atom. The van der Waals surface area contributed by atoms with Crippen molar-refractivity contribution in [3.05, 3.63) is 40.8 Å². The zero-order valence-electron chi connectivity index (χ0n) is 16.3. The van der Waals surface area contributed by atoms with Crippen molar-refractivity contribution in [2.24, 2.45) is 7.05 Å². The molecule has 8 nitrogen and oxygen atoms in total. The molecular weight excluding hydrogens is 342 g/mol. The molecular formula is C19H25N7O. The highest BCUT2D eigenvalue weighted by molar-refractivity contribution is 5.91. The Hall–Kier alpha value is -3.16. The molecule has 3 aromatic heterocycles. The van der Waals surface area contributed by atoms with Gasteiger partial charge in [0, 0.05) is 24.8 Å². The summed E-state index contributed by atoms with van der Waals surface area (Å²) in [5.74, 6) is 0.576. The van der Waals surface area contributed by atoms with Gasteiger partial charge in [-0.05, 0) is 49.9 Å². The third-order valence-electron chi connectivity index (χ3n) is 4.44. The number of amides is 2. The zero-order valence-corrected chi connectivity index (χ0v) is 16.3. The molecule has 0 fully saturated rings. The van der Waals surface area contributed by atoms with Gasteiger partial charge in [-0.2, -0.15) is 5.10 Å². The molecule has 27 heavy (non-hydrogen) atoms. The van der Waals surface area contributed by atoms with E-state index in [0.29, 0.717) is 5.82 Å². The zero-order chi connectivity index (χ0) is 19.6. The highest BCUT2D eigenvalue weighted by Crippen LogP contribution is 2.24. The van der Waals surface area contributed by atoms with Gasteiger partial charge in [-0.1, -0.05) is 13.3 Å². The summed E-state index contributed by atoms with van der Waals surface area (Å²) >= 11 is 0. The highest BCUT2D eigenvalue weighted by Gasteiger charge is 2.14. The van der Waals surface area contributed by atoms with E-state index >= 15 is 0 Å². The molecule has 3 N–H and O–H groups in total. The summed E-state index contributed by atoms with van der Waals surface area (Å²) < 4.78 is 1.76. The van der Waals surface area contributed by atoms with Crippen molar-refractivity contribution in [2.75, 3.05) is 10.7 Å². The molecule has 142 valence electrons. The summed E-state index contributed by atoms with van der Waals surface area (Å²) in [5.41, 5.74) is 11.0. The molecule has 0 radical (unpaired) electrons. The number of pyridine rings is 2. The van der Waals surface area contributed by atoms with Crippen LogP contribution in [0.3, 0.4) is 0 Å². The molecule has 8 heteroatoms. The first kappa shape index (κ1) is 18.6. The van der Waals surface area contributed by atoms with Crippen LogP contribution < -0.4 is 16.2 Å². The molecule has 0 unspecified atom stereocenters. The van der Waals surface area contributed by atoms with E-state index in [0.717, 1.165) is 46.4 Å². The molecule has 0 saturated carbocycles. The maximum atomic E-state index is 12.3. The Balaban J connectivity index is 1.78. The van der Waals surface area contributed by atoms with Gasteiger partial charge in [0.2, 0.25) is 0 Å². The van der Waals surface area contributed by atoms with E-state index in [1.807, 2.05) is 33.9 Å². The van der Waals surface area contributed by atoms with Crippen LogP contribution in [0, 0.1) is 20.8 Å². The Bertz CT molecular complexity index is 973. The maximum absolute atomic E-state index is 12.3. The monoisotopic (exact) mass is 367 g/mol. The Kier molecular flexibility index (Phi) is 5.25. The molecule has 2 amide bonds.